The Hall–Kier alpha value is -0.760. The Morgan fingerprint density at radius 3 is 2.47 bits per heavy atom. The van der Waals surface area contributed by atoms with Crippen molar-refractivity contribution in [1.82, 2.24) is 0 Å². The number of hydrogen-bond donors (Lipinski definition) is 2. The van der Waals surface area contributed by atoms with E-state index in [1.807, 2.05) is 0 Å². The fraction of sp³-hybridized carbons (Fsp3) is 0.889. The van der Waals surface area contributed by atoms with Gasteiger partial charge in [-0.2, -0.15) is 8.42 Å². The van der Waals surface area contributed by atoms with Crippen molar-refractivity contribution in [3.63, 3.8) is 0 Å². The van der Waals surface area contributed by atoms with Crippen LogP contribution in [-0.4, -0.2) is 36.1 Å². The standard InChI is InChI=1S/C27H44O6S/c1-16(2)12-18(28)13-17(3)21-6-7-22-20-15-25(29)24-14-19(33-34(30,31)32)8-10-27(24,5)23(20)9-11-26(21,22)4/h9,16-17,19-22,24-25,29H,6-8,10-15H2,1-5H3,(H,30,31,32). The first-order valence-electron chi connectivity index (χ1n) is 13.3. The van der Waals surface area contributed by atoms with Crippen LogP contribution in [-0.2, 0) is 19.4 Å². The second kappa shape index (κ2) is 9.28. The van der Waals surface area contributed by atoms with Gasteiger partial charge in [-0.25, -0.2) is 4.18 Å². The van der Waals surface area contributed by atoms with Gasteiger partial charge in [0.25, 0.3) is 0 Å². The van der Waals surface area contributed by atoms with Crippen molar-refractivity contribution in [2.75, 3.05) is 0 Å². The Morgan fingerprint density at radius 1 is 1.12 bits per heavy atom. The van der Waals surface area contributed by atoms with Crippen LogP contribution in [0, 0.1) is 46.3 Å². The molecule has 0 saturated heterocycles. The van der Waals surface area contributed by atoms with Crippen molar-refractivity contribution >= 4 is 16.2 Å². The molecule has 2 N–H and O–H groups in total. The molecule has 0 aromatic carbocycles. The van der Waals surface area contributed by atoms with Crippen LogP contribution in [0.1, 0.15) is 92.4 Å². The summed E-state index contributed by atoms with van der Waals surface area (Å²) in [5.74, 6) is 2.48. The van der Waals surface area contributed by atoms with Gasteiger partial charge in [0.05, 0.1) is 12.2 Å². The van der Waals surface area contributed by atoms with E-state index in [1.54, 1.807) is 0 Å². The zero-order valence-electron chi connectivity index (χ0n) is 21.5. The molecule has 0 radical (unpaired) electrons. The molecule has 0 amide bonds. The molecule has 194 valence electrons. The number of aliphatic hydroxyl groups excluding tert-OH is 1. The maximum atomic E-state index is 12.6. The van der Waals surface area contributed by atoms with E-state index in [-0.39, 0.29) is 16.7 Å². The minimum Gasteiger partial charge on any atom is -0.393 e. The van der Waals surface area contributed by atoms with Gasteiger partial charge in [0.1, 0.15) is 5.78 Å². The third kappa shape index (κ3) is 4.79. The third-order valence-corrected chi connectivity index (χ3v) is 10.7. The molecular weight excluding hydrogens is 452 g/mol. The number of Topliss-reactive ketones (excluding diaryl/α,β-unsaturated/α-hetero) is 1. The monoisotopic (exact) mass is 496 g/mol. The van der Waals surface area contributed by atoms with Crippen LogP contribution >= 0.6 is 0 Å². The summed E-state index contributed by atoms with van der Waals surface area (Å²) in [5.41, 5.74) is 1.44. The summed E-state index contributed by atoms with van der Waals surface area (Å²) in [4.78, 5) is 12.6. The molecule has 34 heavy (non-hydrogen) atoms. The van der Waals surface area contributed by atoms with Crippen molar-refractivity contribution in [2.45, 2.75) is 105 Å². The van der Waals surface area contributed by atoms with Gasteiger partial charge in [-0.05, 0) is 91.3 Å². The number of carbonyl (C=O) groups excluding carboxylic acids is 1. The number of fused-ring (bicyclic) bond motifs is 5. The highest BCUT2D eigenvalue weighted by Gasteiger charge is 2.60. The van der Waals surface area contributed by atoms with E-state index in [0.717, 1.165) is 25.7 Å². The smallest absolute Gasteiger partial charge is 0.393 e. The first kappa shape index (κ1) is 26.3. The molecule has 7 heteroatoms. The number of aliphatic hydroxyl groups is 1. The Labute approximate surface area is 205 Å². The molecule has 4 aliphatic carbocycles. The predicted molar refractivity (Wildman–Crippen MR) is 131 cm³/mol. The predicted octanol–water partition coefficient (Wildman–Crippen LogP) is 5.37. The fourth-order valence-corrected chi connectivity index (χ4v) is 9.33. The van der Waals surface area contributed by atoms with Gasteiger partial charge < -0.3 is 5.11 Å². The van der Waals surface area contributed by atoms with E-state index in [9.17, 15) is 18.3 Å². The van der Waals surface area contributed by atoms with Crippen LogP contribution < -0.4 is 0 Å². The second-order valence-electron chi connectivity index (χ2n) is 12.8. The largest absolute Gasteiger partial charge is 0.397 e. The molecule has 6 nitrogen and oxygen atoms in total. The van der Waals surface area contributed by atoms with Gasteiger partial charge in [-0.15, -0.1) is 0 Å². The minimum atomic E-state index is -4.49. The van der Waals surface area contributed by atoms with E-state index in [1.165, 1.54) is 5.57 Å². The van der Waals surface area contributed by atoms with Crippen LogP contribution in [0.4, 0.5) is 0 Å². The molecule has 0 spiro atoms. The van der Waals surface area contributed by atoms with Gasteiger partial charge in [0, 0.05) is 12.8 Å². The number of hydrogen-bond acceptors (Lipinski definition) is 5. The van der Waals surface area contributed by atoms with Crippen LogP contribution in [0.5, 0.6) is 0 Å². The molecule has 4 rings (SSSR count). The molecule has 0 aromatic rings. The molecule has 9 unspecified atom stereocenters. The maximum Gasteiger partial charge on any atom is 0.397 e. The van der Waals surface area contributed by atoms with E-state index in [0.29, 0.717) is 67.5 Å². The normalized spacial score (nSPS) is 43.0. The Balaban J connectivity index is 1.53. The summed E-state index contributed by atoms with van der Waals surface area (Å²) in [6.07, 6.45) is 8.48. The lowest BCUT2D eigenvalue weighted by molar-refractivity contribution is -0.121. The molecule has 0 bridgehead atoms. The summed E-state index contributed by atoms with van der Waals surface area (Å²) < 4.78 is 36.5. The van der Waals surface area contributed by atoms with Crippen molar-refractivity contribution in [1.29, 1.82) is 0 Å². The Kier molecular flexibility index (Phi) is 7.18. The van der Waals surface area contributed by atoms with Crippen molar-refractivity contribution in [3.8, 4) is 0 Å². The number of rotatable bonds is 7. The summed E-state index contributed by atoms with van der Waals surface area (Å²) >= 11 is 0. The molecule has 4 aliphatic rings. The van der Waals surface area contributed by atoms with Crippen molar-refractivity contribution in [2.24, 2.45) is 46.3 Å². The molecule has 9 atom stereocenters. The van der Waals surface area contributed by atoms with E-state index < -0.39 is 22.6 Å². The maximum absolute atomic E-state index is 12.6. The van der Waals surface area contributed by atoms with Crippen LogP contribution in [0.3, 0.4) is 0 Å². The van der Waals surface area contributed by atoms with Gasteiger partial charge in [-0.1, -0.05) is 46.3 Å². The average molecular weight is 497 g/mol. The first-order chi connectivity index (χ1) is 15.7. The lowest BCUT2D eigenvalue weighted by atomic mass is 9.47. The van der Waals surface area contributed by atoms with Gasteiger partial charge in [0.2, 0.25) is 0 Å². The quantitative estimate of drug-likeness (QED) is 0.363. The van der Waals surface area contributed by atoms with Crippen LogP contribution in [0.25, 0.3) is 0 Å². The van der Waals surface area contributed by atoms with Gasteiger partial charge in [0.15, 0.2) is 0 Å². The number of ketones is 1. The molecule has 3 fully saturated rings. The highest BCUT2D eigenvalue weighted by molar-refractivity contribution is 7.80. The SMILES string of the molecule is CC(C)CC(=O)CC(C)C1CCC2C3CC(O)C4CC(OS(=O)(=O)O)CCC4(C)C3=CCC12C. The lowest BCUT2D eigenvalue weighted by Crippen LogP contribution is -2.54. The third-order valence-electron chi connectivity index (χ3n) is 10.2. The van der Waals surface area contributed by atoms with Crippen molar-refractivity contribution < 1.29 is 27.1 Å². The van der Waals surface area contributed by atoms with Crippen LogP contribution in [0.15, 0.2) is 11.6 Å². The molecule has 3 saturated carbocycles. The Morgan fingerprint density at radius 2 is 1.82 bits per heavy atom. The summed E-state index contributed by atoms with van der Waals surface area (Å²) in [6, 6.07) is 0. The second-order valence-corrected chi connectivity index (χ2v) is 13.9. The minimum absolute atomic E-state index is 0.0652. The van der Waals surface area contributed by atoms with Crippen LogP contribution in [0.2, 0.25) is 0 Å². The zero-order valence-corrected chi connectivity index (χ0v) is 22.3. The molecule has 0 aliphatic heterocycles. The first-order valence-corrected chi connectivity index (χ1v) is 14.7. The zero-order chi connectivity index (χ0) is 25.1. The highest BCUT2D eigenvalue weighted by Crippen LogP contribution is 2.66. The summed E-state index contributed by atoms with van der Waals surface area (Å²) in [7, 11) is -4.49. The molecular formula is C27H44O6S. The molecule has 0 heterocycles. The van der Waals surface area contributed by atoms with E-state index in [2.05, 4.69) is 40.7 Å². The topological polar surface area (TPSA) is 101 Å². The Bertz CT molecular complexity index is 925. The van der Waals surface area contributed by atoms with E-state index in [4.69, 9.17) is 8.74 Å². The van der Waals surface area contributed by atoms with Crippen molar-refractivity contribution in [3.05, 3.63) is 11.6 Å². The average Bonchev–Trinajstić information content (AvgIpc) is 3.05. The van der Waals surface area contributed by atoms with Gasteiger partial charge in [-0.3, -0.25) is 9.35 Å². The summed E-state index contributed by atoms with van der Waals surface area (Å²) in [5, 5.41) is 11.3. The highest BCUT2D eigenvalue weighted by atomic mass is 32.3. The number of allylic oxidation sites excluding steroid dienone is 2. The van der Waals surface area contributed by atoms with E-state index >= 15 is 0 Å². The molecule has 0 aromatic heterocycles. The number of carbonyl (C=O) groups is 1. The fourth-order valence-electron chi connectivity index (χ4n) is 8.81. The summed E-state index contributed by atoms with van der Waals surface area (Å²) in [6.45, 7) is 11.1. The lowest BCUT2D eigenvalue weighted by Gasteiger charge is -2.58. The van der Waals surface area contributed by atoms with Gasteiger partial charge >= 0.3 is 10.4 Å².